The van der Waals surface area contributed by atoms with Crippen LogP contribution in [-0.4, -0.2) is 56.8 Å². The maximum atomic E-state index is 14.7. The zero-order chi connectivity index (χ0) is 30.0. The van der Waals surface area contributed by atoms with E-state index in [-0.39, 0.29) is 29.6 Å². The molecule has 1 aliphatic heterocycles. The van der Waals surface area contributed by atoms with Gasteiger partial charge in [-0.3, -0.25) is 9.48 Å². The zero-order valence-corrected chi connectivity index (χ0v) is 25.4. The Morgan fingerprint density at radius 1 is 1.14 bits per heavy atom. The summed E-state index contributed by atoms with van der Waals surface area (Å²) in [6.07, 6.45) is 3.21. The molecule has 42 heavy (non-hydrogen) atoms. The van der Waals surface area contributed by atoms with Crippen molar-refractivity contribution in [2.75, 3.05) is 6.61 Å². The van der Waals surface area contributed by atoms with Crippen LogP contribution in [0.5, 0.6) is 0 Å². The normalized spacial score (nSPS) is 37.3. The van der Waals surface area contributed by atoms with Crippen LogP contribution in [-0.2, 0) is 26.1 Å². The van der Waals surface area contributed by atoms with Crippen molar-refractivity contribution in [1.82, 2.24) is 9.78 Å². The SMILES string of the molecule is CC1=C[C@@]23CC[C@@H]4[C@H]([C@H](C=C5COC(C)(C)O[C@H]5[C@]2(O)[C@H]1OC(=O)c1c(-c2ccccc2)nn(C)c1C)C3=O)C4(C)C. The van der Waals surface area contributed by atoms with Crippen molar-refractivity contribution in [1.29, 1.82) is 0 Å². The minimum Gasteiger partial charge on any atom is -0.451 e. The van der Waals surface area contributed by atoms with Gasteiger partial charge in [-0.1, -0.05) is 56.3 Å². The first-order valence-electron chi connectivity index (χ1n) is 15.0. The summed E-state index contributed by atoms with van der Waals surface area (Å²) in [6, 6.07) is 9.51. The summed E-state index contributed by atoms with van der Waals surface area (Å²) in [4.78, 5) is 28.9. The monoisotopic (exact) mass is 572 g/mol. The van der Waals surface area contributed by atoms with Gasteiger partial charge in [0.25, 0.3) is 0 Å². The molecule has 5 aliphatic rings. The number of ether oxygens (including phenoxy) is 3. The molecule has 2 bridgehead atoms. The smallest absolute Gasteiger partial charge is 0.342 e. The molecular weight excluding hydrogens is 532 g/mol. The Balaban J connectivity index is 1.35. The average Bonchev–Trinajstić information content (AvgIpc) is 3.32. The summed E-state index contributed by atoms with van der Waals surface area (Å²) in [7, 11) is 1.79. The lowest BCUT2D eigenvalue weighted by Crippen LogP contribution is -2.66. The highest BCUT2D eigenvalue weighted by molar-refractivity contribution is 5.99. The number of benzene rings is 1. The molecule has 0 unspecified atom stereocenters. The van der Waals surface area contributed by atoms with Gasteiger partial charge in [0.05, 0.1) is 17.7 Å². The van der Waals surface area contributed by atoms with E-state index in [9.17, 15) is 14.7 Å². The summed E-state index contributed by atoms with van der Waals surface area (Å²) in [6.45, 7) is 12.0. The first kappa shape index (κ1) is 27.7. The van der Waals surface area contributed by atoms with Gasteiger partial charge in [0.15, 0.2) is 23.3 Å². The Hall–Kier alpha value is -3.07. The second-order valence-electron chi connectivity index (χ2n) is 14.1. The summed E-state index contributed by atoms with van der Waals surface area (Å²) >= 11 is 0. The van der Waals surface area contributed by atoms with E-state index in [0.29, 0.717) is 34.9 Å². The number of carbonyl (C=O) groups is 2. The fourth-order valence-electron chi connectivity index (χ4n) is 8.73. The van der Waals surface area contributed by atoms with E-state index >= 15 is 0 Å². The molecule has 7 rings (SSSR count). The predicted molar refractivity (Wildman–Crippen MR) is 155 cm³/mol. The van der Waals surface area contributed by atoms with Crippen molar-refractivity contribution in [3.05, 3.63) is 64.9 Å². The molecular formula is C34H40N2O6. The van der Waals surface area contributed by atoms with Crippen molar-refractivity contribution in [2.45, 2.75) is 78.0 Å². The van der Waals surface area contributed by atoms with Crippen molar-refractivity contribution in [2.24, 2.45) is 35.6 Å². The Kier molecular flexibility index (Phi) is 5.77. The molecule has 222 valence electrons. The van der Waals surface area contributed by atoms with Gasteiger partial charge in [0.2, 0.25) is 0 Å². The van der Waals surface area contributed by atoms with Crippen LogP contribution in [0.15, 0.2) is 53.6 Å². The quantitative estimate of drug-likeness (QED) is 0.411. The van der Waals surface area contributed by atoms with Crippen LogP contribution in [0, 0.1) is 35.5 Å². The third-order valence-corrected chi connectivity index (χ3v) is 11.0. The van der Waals surface area contributed by atoms with Crippen LogP contribution >= 0.6 is 0 Å². The average molecular weight is 573 g/mol. The molecule has 1 saturated heterocycles. The number of carbonyl (C=O) groups excluding carboxylic acids is 2. The number of rotatable bonds is 3. The maximum absolute atomic E-state index is 14.7. The highest BCUT2D eigenvalue weighted by Gasteiger charge is 2.75. The highest BCUT2D eigenvalue weighted by Crippen LogP contribution is 2.71. The molecule has 2 saturated carbocycles. The number of ketones is 1. The Morgan fingerprint density at radius 3 is 2.57 bits per heavy atom. The van der Waals surface area contributed by atoms with Crippen LogP contribution in [0.2, 0.25) is 0 Å². The summed E-state index contributed by atoms with van der Waals surface area (Å²) in [5.74, 6) is -1.39. The van der Waals surface area contributed by atoms with Crippen LogP contribution < -0.4 is 0 Å². The van der Waals surface area contributed by atoms with Gasteiger partial charge >= 0.3 is 5.97 Å². The van der Waals surface area contributed by atoms with Crippen molar-refractivity contribution in [3.63, 3.8) is 0 Å². The van der Waals surface area contributed by atoms with Crippen LogP contribution in [0.1, 0.15) is 63.5 Å². The third-order valence-electron chi connectivity index (χ3n) is 11.0. The lowest BCUT2D eigenvalue weighted by Gasteiger charge is -2.51. The number of aromatic nitrogens is 2. The number of Topliss-reactive ketones (excluding diaryl/α,β-unsaturated/α-hetero) is 1. The fourth-order valence-corrected chi connectivity index (χ4v) is 8.73. The minimum absolute atomic E-state index is 0.00758. The maximum Gasteiger partial charge on any atom is 0.342 e. The van der Waals surface area contributed by atoms with Gasteiger partial charge < -0.3 is 19.3 Å². The molecule has 0 amide bonds. The van der Waals surface area contributed by atoms with E-state index in [1.54, 1.807) is 11.7 Å². The molecule has 7 atom stereocenters. The number of fused-ring (bicyclic) bond motifs is 5. The predicted octanol–water partition coefficient (Wildman–Crippen LogP) is 4.94. The fraction of sp³-hybridized carbons (Fsp3) is 0.559. The van der Waals surface area contributed by atoms with Gasteiger partial charge in [-0.25, -0.2) is 4.79 Å². The second-order valence-corrected chi connectivity index (χ2v) is 14.1. The standard InChI is InChI=1S/C34H40N2O6/c1-18-16-33-14-13-23-25(31(23,3)4)22(27(33)37)15-21-17-40-32(5,6)42-29(21)34(33,39)28(18)41-30(38)24-19(2)36(7)35-26(24)20-11-9-8-10-12-20/h8-12,15-16,22-23,25,28-29,39H,13-14,17H2,1-7H3/t22-,23+,25-,28-,29+,33+,34+/m0/s1. The molecule has 2 heterocycles. The lowest BCUT2D eigenvalue weighted by molar-refractivity contribution is -0.300. The van der Waals surface area contributed by atoms with E-state index in [1.165, 1.54) is 0 Å². The van der Waals surface area contributed by atoms with Crippen LogP contribution in [0.25, 0.3) is 11.3 Å². The van der Waals surface area contributed by atoms with E-state index < -0.39 is 35.0 Å². The lowest BCUT2D eigenvalue weighted by atomic mass is 9.63. The number of esters is 1. The van der Waals surface area contributed by atoms with E-state index in [2.05, 4.69) is 18.9 Å². The van der Waals surface area contributed by atoms with Crippen molar-refractivity contribution in [3.8, 4) is 11.3 Å². The molecule has 1 aromatic carbocycles. The van der Waals surface area contributed by atoms with Gasteiger partial charge in [-0.05, 0) is 68.9 Å². The Morgan fingerprint density at radius 2 is 1.86 bits per heavy atom. The van der Waals surface area contributed by atoms with Gasteiger partial charge in [-0.15, -0.1) is 0 Å². The second kappa shape index (κ2) is 8.74. The molecule has 3 fully saturated rings. The molecule has 0 radical (unpaired) electrons. The summed E-state index contributed by atoms with van der Waals surface area (Å²) < 4.78 is 20.6. The minimum atomic E-state index is -1.84. The van der Waals surface area contributed by atoms with Gasteiger partial charge in [-0.2, -0.15) is 5.10 Å². The molecule has 4 aliphatic carbocycles. The molecule has 2 aromatic rings. The molecule has 8 nitrogen and oxygen atoms in total. The largest absolute Gasteiger partial charge is 0.451 e. The topological polar surface area (TPSA) is 99.9 Å². The van der Waals surface area contributed by atoms with Crippen LogP contribution in [0.4, 0.5) is 0 Å². The number of allylic oxidation sites excluding steroid dienone is 1. The molecule has 1 aromatic heterocycles. The molecule has 8 heteroatoms. The molecule has 1 N–H and O–H groups in total. The Bertz CT molecular complexity index is 1570. The van der Waals surface area contributed by atoms with Gasteiger partial charge in [0, 0.05) is 18.5 Å². The van der Waals surface area contributed by atoms with Crippen molar-refractivity contribution < 1.29 is 28.9 Å². The summed E-state index contributed by atoms with van der Waals surface area (Å²) in [5, 5.41) is 17.8. The first-order valence-corrected chi connectivity index (χ1v) is 15.0. The molecule has 1 spiro atoms. The van der Waals surface area contributed by atoms with Crippen LogP contribution in [0.3, 0.4) is 0 Å². The van der Waals surface area contributed by atoms with E-state index in [4.69, 9.17) is 14.2 Å². The first-order chi connectivity index (χ1) is 19.7. The van der Waals surface area contributed by atoms with Crippen molar-refractivity contribution >= 4 is 11.8 Å². The van der Waals surface area contributed by atoms with Gasteiger partial charge in [0.1, 0.15) is 17.4 Å². The number of aliphatic hydroxyl groups is 1. The van der Waals surface area contributed by atoms with E-state index in [0.717, 1.165) is 17.6 Å². The number of aryl methyl sites for hydroxylation is 1. The highest BCUT2D eigenvalue weighted by atomic mass is 16.7. The number of hydrogen-bond acceptors (Lipinski definition) is 7. The number of hydrogen-bond donors (Lipinski definition) is 1. The Labute approximate surface area is 246 Å². The zero-order valence-electron chi connectivity index (χ0n) is 25.4. The summed E-state index contributed by atoms with van der Waals surface area (Å²) in [5.41, 5.74) is 0.650. The third kappa shape index (κ3) is 3.55. The van der Waals surface area contributed by atoms with E-state index in [1.807, 2.05) is 70.2 Å². The number of nitrogens with zero attached hydrogens (tertiary/aromatic N) is 2.